The number of amides is 1. The van der Waals surface area contributed by atoms with Crippen molar-refractivity contribution < 1.29 is 4.79 Å². The van der Waals surface area contributed by atoms with E-state index >= 15 is 0 Å². The van der Waals surface area contributed by atoms with Gasteiger partial charge in [0.25, 0.3) is 5.91 Å². The van der Waals surface area contributed by atoms with E-state index in [0.29, 0.717) is 0 Å². The molecule has 0 aliphatic heterocycles. The van der Waals surface area contributed by atoms with Crippen LogP contribution in [0.1, 0.15) is 49.9 Å². The summed E-state index contributed by atoms with van der Waals surface area (Å²) < 4.78 is 0. The molecular formula is C16H22N2O. The molecule has 0 saturated carbocycles. The smallest absolute Gasteiger partial charge is 0.251 e. The van der Waals surface area contributed by atoms with Gasteiger partial charge in [-0.15, -0.1) is 0 Å². The van der Waals surface area contributed by atoms with Crippen LogP contribution in [0, 0.1) is 0 Å². The molecule has 0 bridgehead atoms. The molecule has 2 N–H and O–H groups in total. The molecule has 0 aliphatic rings. The van der Waals surface area contributed by atoms with Crippen LogP contribution >= 0.6 is 0 Å². The summed E-state index contributed by atoms with van der Waals surface area (Å²) in [6.07, 6.45) is 6.55. The van der Waals surface area contributed by atoms with E-state index in [-0.39, 0.29) is 11.9 Å². The zero-order chi connectivity index (χ0) is 13.7. The second kappa shape index (κ2) is 6.41. The zero-order valence-corrected chi connectivity index (χ0v) is 11.7. The largest absolute Gasteiger partial charge is 0.361 e. The van der Waals surface area contributed by atoms with Crippen molar-refractivity contribution in [3.63, 3.8) is 0 Å². The van der Waals surface area contributed by atoms with Crippen molar-refractivity contribution in [2.75, 3.05) is 0 Å². The minimum absolute atomic E-state index is 0.0144. The Kier molecular flexibility index (Phi) is 4.61. The fourth-order valence-corrected chi connectivity index (χ4v) is 2.27. The normalized spacial score (nSPS) is 12.5. The number of benzene rings is 1. The molecule has 102 valence electrons. The van der Waals surface area contributed by atoms with E-state index < -0.39 is 0 Å². The molecule has 1 aromatic heterocycles. The van der Waals surface area contributed by atoms with Crippen LogP contribution < -0.4 is 5.32 Å². The van der Waals surface area contributed by atoms with Crippen LogP contribution in [-0.4, -0.2) is 16.9 Å². The third-order valence-electron chi connectivity index (χ3n) is 3.44. The maximum Gasteiger partial charge on any atom is 0.251 e. The number of rotatable bonds is 6. The van der Waals surface area contributed by atoms with Gasteiger partial charge >= 0.3 is 0 Å². The van der Waals surface area contributed by atoms with E-state index in [4.69, 9.17) is 0 Å². The minimum Gasteiger partial charge on any atom is -0.361 e. The molecule has 2 aromatic rings. The first-order valence-corrected chi connectivity index (χ1v) is 7.08. The van der Waals surface area contributed by atoms with Crippen molar-refractivity contribution in [1.82, 2.24) is 10.3 Å². The molecule has 1 amide bonds. The van der Waals surface area contributed by atoms with Gasteiger partial charge in [-0.25, -0.2) is 0 Å². The Bertz CT molecular complexity index is 544. The molecule has 0 unspecified atom stereocenters. The molecule has 3 nitrogen and oxygen atoms in total. The van der Waals surface area contributed by atoms with Crippen LogP contribution in [0.15, 0.2) is 30.5 Å². The van der Waals surface area contributed by atoms with Gasteiger partial charge in [0.05, 0.1) is 0 Å². The van der Waals surface area contributed by atoms with Gasteiger partial charge in [0.2, 0.25) is 0 Å². The average Bonchev–Trinajstić information content (AvgIpc) is 2.86. The molecule has 0 radical (unpaired) electrons. The van der Waals surface area contributed by atoms with Crippen LogP contribution in [0.2, 0.25) is 0 Å². The van der Waals surface area contributed by atoms with Gasteiger partial charge in [-0.05, 0) is 36.9 Å². The van der Waals surface area contributed by atoms with Gasteiger partial charge in [0.15, 0.2) is 0 Å². The highest BCUT2D eigenvalue weighted by Crippen LogP contribution is 2.14. The van der Waals surface area contributed by atoms with Crippen molar-refractivity contribution in [2.24, 2.45) is 0 Å². The molecule has 1 aromatic carbocycles. The number of hydrogen-bond acceptors (Lipinski definition) is 1. The second-order valence-corrected chi connectivity index (χ2v) is 5.15. The number of H-pyrrole nitrogens is 1. The standard InChI is InChI=1S/C16H22N2O/c1-3-4-5-6-12(2)18-16(19)14-8-7-13-9-10-17-15(13)11-14/h7-12,17H,3-6H2,1-2H3,(H,18,19)/t12-/m0/s1. The molecule has 1 atom stereocenters. The van der Waals surface area contributed by atoms with Crippen LogP contribution in [0.4, 0.5) is 0 Å². The first kappa shape index (κ1) is 13.7. The highest BCUT2D eigenvalue weighted by molar-refractivity contribution is 5.98. The minimum atomic E-state index is 0.0144. The number of carbonyl (C=O) groups excluding carboxylic acids is 1. The predicted molar refractivity (Wildman–Crippen MR) is 79.4 cm³/mol. The monoisotopic (exact) mass is 258 g/mol. The van der Waals surface area contributed by atoms with Crippen molar-refractivity contribution in [3.8, 4) is 0 Å². The molecule has 3 heteroatoms. The van der Waals surface area contributed by atoms with Gasteiger partial charge in [-0.3, -0.25) is 4.79 Å². The number of nitrogens with one attached hydrogen (secondary N) is 2. The second-order valence-electron chi connectivity index (χ2n) is 5.15. The molecule has 0 saturated heterocycles. The summed E-state index contributed by atoms with van der Waals surface area (Å²) in [7, 11) is 0. The summed E-state index contributed by atoms with van der Waals surface area (Å²) in [5.74, 6) is 0.0144. The zero-order valence-electron chi connectivity index (χ0n) is 11.7. The van der Waals surface area contributed by atoms with Crippen LogP contribution in [0.25, 0.3) is 10.9 Å². The van der Waals surface area contributed by atoms with Crippen molar-refractivity contribution in [3.05, 3.63) is 36.0 Å². The fourth-order valence-electron chi connectivity index (χ4n) is 2.27. The van der Waals surface area contributed by atoms with E-state index in [1.807, 2.05) is 30.5 Å². The SMILES string of the molecule is CCCCC[C@H](C)NC(=O)c1ccc2cc[nH]c2c1. The quantitative estimate of drug-likeness (QED) is 0.759. The maximum atomic E-state index is 12.1. The van der Waals surface area contributed by atoms with Gasteiger partial charge in [0, 0.05) is 23.3 Å². The molecule has 1 heterocycles. The number of aromatic amines is 1. The van der Waals surface area contributed by atoms with Crippen molar-refractivity contribution in [1.29, 1.82) is 0 Å². The summed E-state index contributed by atoms with van der Waals surface area (Å²) in [4.78, 5) is 15.3. The molecule has 0 aliphatic carbocycles. The average molecular weight is 258 g/mol. The van der Waals surface area contributed by atoms with Gasteiger partial charge in [0.1, 0.15) is 0 Å². The van der Waals surface area contributed by atoms with E-state index in [1.54, 1.807) is 0 Å². The summed E-state index contributed by atoms with van der Waals surface area (Å²) in [6.45, 7) is 4.26. The first-order chi connectivity index (χ1) is 9.20. The fraction of sp³-hybridized carbons (Fsp3) is 0.438. The number of fused-ring (bicyclic) bond motifs is 1. The number of hydrogen-bond donors (Lipinski definition) is 2. The molecule has 19 heavy (non-hydrogen) atoms. The Hall–Kier alpha value is -1.77. The van der Waals surface area contributed by atoms with Crippen LogP contribution in [-0.2, 0) is 0 Å². The molecule has 2 rings (SSSR count). The summed E-state index contributed by atoms with van der Waals surface area (Å²) in [5.41, 5.74) is 1.73. The van der Waals surface area contributed by atoms with E-state index in [0.717, 1.165) is 22.9 Å². The van der Waals surface area contributed by atoms with E-state index in [1.165, 1.54) is 19.3 Å². The van der Waals surface area contributed by atoms with E-state index in [2.05, 4.69) is 24.1 Å². The van der Waals surface area contributed by atoms with Crippen LogP contribution in [0.5, 0.6) is 0 Å². The topological polar surface area (TPSA) is 44.9 Å². The van der Waals surface area contributed by atoms with Crippen molar-refractivity contribution >= 4 is 16.8 Å². The molecular weight excluding hydrogens is 236 g/mol. The third kappa shape index (κ3) is 3.60. The number of carbonyl (C=O) groups is 1. The highest BCUT2D eigenvalue weighted by atomic mass is 16.1. The van der Waals surface area contributed by atoms with Crippen LogP contribution in [0.3, 0.4) is 0 Å². The summed E-state index contributed by atoms with van der Waals surface area (Å²) in [6, 6.07) is 8.00. The first-order valence-electron chi connectivity index (χ1n) is 7.08. The van der Waals surface area contributed by atoms with Gasteiger partial charge in [-0.2, -0.15) is 0 Å². The van der Waals surface area contributed by atoms with Gasteiger partial charge < -0.3 is 10.3 Å². The Morgan fingerprint density at radius 1 is 1.32 bits per heavy atom. The highest BCUT2D eigenvalue weighted by Gasteiger charge is 2.10. The lowest BCUT2D eigenvalue weighted by Gasteiger charge is -2.13. The Balaban J connectivity index is 1.95. The van der Waals surface area contributed by atoms with Crippen molar-refractivity contribution in [2.45, 2.75) is 45.6 Å². The lowest BCUT2D eigenvalue weighted by molar-refractivity contribution is 0.0938. The maximum absolute atomic E-state index is 12.1. The van der Waals surface area contributed by atoms with Gasteiger partial charge in [-0.1, -0.05) is 32.3 Å². The number of aromatic nitrogens is 1. The molecule has 0 spiro atoms. The summed E-state index contributed by atoms with van der Waals surface area (Å²) in [5, 5.41) is 4.19. The number of unbranched alkanes of at least 4 members (excludes halogenated alkanes) is 2. The third-order valence-corrected chi connectivity index (χ3v) is 3.44. The molecule has 0 fully saturated rings. The predicted octanol–water partition coefficient (Wildman–Crippen LogP) is 3.87. The lowest BCUT2D eigenvalue weighted by atomic mass is 10.1. The Morgan fingerprint density at radius 2 is 2.16 bits per heavy atom. The Morgan fingerprint density at radius 3 is 2.95 bits per heavy atom. The summed E-state index contributed by atoms with van der Waals surface area (Å²) >= 11 is 0. The van der Waals surface area contributed by atoms with E-state index in [9.17, 15) is 4.79 Å². The lowest BCUT2D eigenvalue weighted by Crippen LogP contribution is -2.32. The Labute approximate surface area is 114 Å².